The fourth-order valence-electron chi connectivity index (χ4n) is 3.69. The summed E-state index contributed by atoms with van der Waals surface area (Å²) in [6, 6.07) is 8.52. The maximum Gasteiger partial charge on any atom is 0.338 e. The molecule has 5 heteroatoms. The molecule has 2 heterocycles. The van der Waals surface area contributed by atoms with Gasteiger partial charge in [0, 0.05) is 24.9 Å². The topological polar surface area (TPSA) is 38.8 Å². The molecule has 3 rings (SSSR count). The third-order valence-corrected chi connectivity index (χ3v) is 5.69. The number of fused-ring (bicyclic) bond motifs is 2. The van der Waals surface area contributed by atoms with Crippen molar-refractivity contribution in [2.24, 2.45) is 0 Å². The van der Waals surface area contributed by atoms with E-state index in [9.17, 15) is 4.79 Å². The molecule has 0 saturated carbocycles. The molecule has 0 amide bonds. The number of piperidine rings is 1. The van der Waals surface area contributed by atoms with Gasteiger partial charge in [0.1, 0.15) is 11.9 Å². The first kappa shape index (κ1) is 16.5. The maximum atomic E-state index is 12.4. The predicted octanol–water partition coefficient (Wildman–Crippen LogP) is 3.68. The van der Waals surface area contributed by atoms with E-state index in [0.29, 0.717) is 17.6 Å². The Bertz CT molecular complexity index is 553. The predicted molar refractivity (Wildman–Crippen MR) is 93.4 cm³/mol. The van der Waals surface area contributed by atoms with Crippen LogP contribution in [0.5, 0.6) is 5.75 Å². The van der Waals surface area contributed by atoms with E-state index in [2.05, 4.69) is 31.6 Å². The minimum absolute atomic E-state index is 0.0640. The minimum atomic E-state index is -1.61. The first-order valence-corrected chi connectivity index (χ1v) is 11.9. The van der Waals surface area contributed by atoms with Crippen molar-refractivity contribution in [2.45, 2.75) is 63.5 Å². The van der Waals surface area contributed by atoms with Crippen molar-refractivity contribution in [3.8, 4) is 5.75 Å². The molecule has 2 bridgehead atoms. The number of ether oxygens (including phenoxy) is 1. The van der Waals surface area contributed by atoms with Gasteiger partial charge in [-0.15, -0.1) is 0 Å². The van der Waals surface area contributed by atoms with Crippen LogP contribution >= 0.6 is 0 Å². The summed E-state index contributed by atoms with van der Waals surface area (Å²) >= 11 is 0. The molecule has 0 radical (unpaired) electrons. The van der Waals surface area contributed by atoms with Crippen molar-refractivity contribution in [2.75, 3.05) is 7.05 Å². The molecule has 2 atom stereocenters. The normalized spacial score (nSPS) is 27.7. The molecule has 0 aromatic heterocycles. The summed E-state index contributed by atoms with van der Waals surface area (Å²) in [6.07, 6.45) is 4.47. The monoisotopic (exact) mass is 333 g/mol. The number of carbonyl (C=O) groups is 1. The van der Waals surface area contributed by atoms with Gasteiger partial charge in [-0.3, -0.25) is 0 Å². The molecule has 0 spiro atoms. The van der Waals surface area contributed by atoms with Gasteiger partial charge in [-0.05, 0) is 63.8 Å². The lowest BCUT2D eigenvalue weighted by atomic mass is 10.0. The minimum Gasteiger partial charge on any atom is -0.544 e. The molecule has 0 aliphatic carbocycles. The lowest BCUT2D eigenvalue weighted by Gasteiger charge is -2.35. The lowest BCUT2D eigenvalue weighted by Crippen LogP contribution is -2.43. The summed E-state index contributed by atoms with van der Waals surface area (Å²) in [4.78, 5) is 14.8. The van der Waals surface area contributed by atoms with Gasteiger partial charge in [-0.25, -0.2) is 4.79 Å². The Kier molecular flexibility index (Phi) is 4.51. The largest absolute Gasteiger partial charge is 0.544 e. The Morgan fingerprint density at radius 3 is 2.17 bits per heavy atom. The molecule has 0 N–H and O–H groups in total. The SMILES string of the molecule is CN1C2CCC1CC(OC(=O)c1ccc(O[Si](C)(C)C)cc1)C2. The van der Waals surface area contributed by atoms with Gasteiger partial charge < -0.3 is 14.1 Å². The first-order valence-electron chi connectivity index (χ1n) is 8.54. The summed E-state index contributed by atoms with van der Waals surface area (Å²) in [5, 5.41) is 0. The Labute approximate surface area is 139 Å². The number of hydrogen-bond donors (Lipinski definition) is 0. The van der Waals surface area contributed by atoms with Gasteiger partial charge in [0.05, 0.1) is 5.56 Å². The van der Waals surface area contributed by atoms with Crippen molar-refractivity contribution in [1.29, 1.82) is 0 Å². The highest BCUT2D eigenvalue weighted by atomic mass is 28.4. The van der Waals surface area contributed by atoms with Crippen LogP contribution in [0.4, 0.5) is 0 Å². The second-order valence-corrected chi connectivity index (χ2v) is 12.2. The van der Waals surface area contributed by atoms with E-state index in [1.54, 1.807) is 12.1 Å². The van der Waals surface area contributed by atoms with Crippen LogP contribution in [0.15, 0.2) is 24.3 Å². The molecule has 1 aromatic rings. The highest BCUT2D eigenvalue weighted by Crippen LogP contribution is 2.35. The Hall–Kier alpha value is -1.33. The van der Waals surface area contributed by atoms with Crippen LogP contribution in [0.3, 0.4) is 0 Å². The van der Waals surface area contributed by atoms with Gasteiger partial charge in [0.25, 0.3) is 0 Å². The molecule has 1 aromatic carbocycles. The van der Waals surface area contributed by atoms with Crippen LogP contribution in [-0.4, -0.2) is 44.4 Å². The number of carbonyl (C=O) groups excluding carboxylic acids is 1. The molecule has 2 saturated heterocycles. The molecular weight excluding hydrogens is 306 g/mol. The highest BCUT2D eigenvalue weighted by Gasteiger charge is 2.39. The van der Waals surface area contributed by atoms with Crippen molar-refractivity contribution in [1.82, 2.24) is 4.90 Å². The summed E-state index contributed by atoms with van der Waals surface area (Å²) in [6.45, 7) is 6.43. The fourth-order valence-corrected chi connectivity index (χ4v) is 4.53. The molecule has 126 valence electrons. The van der Waals surface area contributed by atoms with E-state index in [-0.39, 0.29) is 12.1 Å². The van der Waals surface area contributed by atoms with E-state index in [0.717, 1.165) is 18.6 Å². The second kappa shape index (κ2) is 6.28. The van der Waals surface area contributed by atoms with Gasteiger partial charge >= 0.3 is 5.97 Å². The Morgan fingerprint density at radius 1 is 1.09 bits per heavy atom. The van der Waals surface area contributed by atoms with Crippen LogP contribution in [-0.2, 0) is 4.74 Å². The van der Waals surface area contributed by atoms with Crippen molar-refractivity contribution in [3.05, 3.63) is 29.8 Å². The highest BCUT2D eigenvalue weighted by molar-refractivity contribution is 6.70. The summed E-state index contributed by atoms with van der Waals surface area (Å²) in [7, 11) is 0.579. The van der Waals surface area contributed by atoms with E-state index in [4.69, 9.17) is 9.16 Å². The summed E-state index contributed by atoms with van der Waals surface area (Å²) in [5.74, 6) is 0.622. The van der Waals surface area contributed by atoms with Crippen molar-refractivity contribution < 1.29 is 14.0 Å². The van der Waals surface area contributed by atoms with Gasteiger partial charge in [-0.2, -0.15) is 0 Å². The van der Waals surface area contributed by atoms with Crippen LogP contribution < -0.4 is 4.43 Å². The molecule has 2 unspecified atom stereocenters. The third-order valence-electron chi connectivity index (χ3n) is 4.84. The molecular formula is C18H27NO3Si. The zero-order valence-electron chi connectivity index (χ0n) is 14.5. The second-order valence-electron chi connectivity index (χ2n) is 7.79. The Balaban J connectivity index is 1.58. The standard InChI is InChI=1S/C18H27NO3Si/c1-19-14-7-8-15(19)12-17(11-14)21-18(20)13-5-9-16(10-6-13)22-23(2,3)4/h5-6,9-10,14-15,17H,7-8,11-12H2,1-4H3. The van der Waals surface area contributed by atoms with Crippen LogP contribution in [0.25, 0.3) is 0 Å². The first-order chi connectivity index (χ1) is 10.8. The van der Waals surface area contributed by atoms with Crippen molar-refractivity contribution in [3.63, 3.8) is 0 Å². The number of nitrogens with zero attached hydrogens (tertiary/aromatic N) is 1. The van der Waals surface area contributed by atoms with Crippen LogP contribution in [0.2, 0.25) is 19.6 Å². The number of benzene rings is 1. The molecule has 2 aliphatic rings. The molecule has 23 heavy (non-hydrogen) atoms. The van der Waals surface area contributed by atoms with Gasteiger partial charge in [-0.1, -0.05) is 0 Å². The lowest BCUT2D eigenvalue weighted by molar-refractivity contribution is -0.000447. The quantitative estimate of drug-likeness (QED) is 0.622. The third kappa shape index (κ3) is 3.96. The average Bonchev–Trinajstić information content (AvgIpc) is 2.69. The number of rotatable bonds is 4. The van der Waals surface area contributed by atoms with Gasteiger partial charge in [0.2, 0.25) is 8.32 Å². The Morgan fingerprint density at radius 2 is 1.65 bits per heavy atom. The maximum absolute atomic E-state index is 12.4. The summed E-state index contributed by atoms with van der Waals surface area (Å²) in [5.41, 5.74) is 0.610. The number of esters is 1. The van der Waals surface area contributed by atoms with E-state index in [1.165, 1.54) is 12.8 Å². The van der Waals surface area contributed by atoms with Gasteiger partial charge in [0.15, 0.2) is 0 Å². The smallest absolute Gasteiger partial charge is 0.338 e. The fraction of sp³-hybridized carbons (Fsp3) is 0.611. The van der Waals surface area contributed by atoms with Crippen molar-refractivity contribution >= 4 is 14.3 Å². The van der Waals surface area contributed by atoms with E-state index in [1.807, 2.05) is 12.1 Å². The molecule has 4 nitrogen and oxygen atoms in total. The van der Waals surface area contributed by atoms with Crippen LogP contribution in [0, 0.1) is 0 Å². The zero-order chi connectivity index (χ0) is 16.6. The average molecular weight is 334 g/mol. The molecule has 2 fully saturated rings. The summed E-state index contributed by atoms with van der Waals surface area (Å²) < 4.78 is 11.7. The van der Waals surface area contributed by atoms with E-state index >= 15 is 0 Å². The molecule has 2 aliphatic heterocycles. The zero-order valence-corrected chi connectivity index (χ0v) is 15.5. The van der Waals surface area contributed by atoms with Crippen LogP contribution in [0.1, 0.15) is 36.0 Å². The van der Waals surface area contributed by atoms with E-state index < -0.39 is 8.32 Å². The number of hydrogen-bond acceptors (Lipinski definition) is 4.